The highest BCUT2D eigenvalue weighted by Crippen LogP contribution is 2.35. The molecule has 1 saturated carbocycles. The van der Waals surface area contributed by atoms with Gasteiger partial charge in [-0.3, -0.25) is 0 Å². The quantitative estimate of drug-likeness (QED) is 0.627. The van der Waals surface area contributed by atoms with Gasteiger partial charge in [-0.25, -0.2) is 4.79 Å². The zero-order chi connectivity index (χ0) is 18.8. The van der Waals surface area contributed by atoms with Gasteiger partial charge in [0.25, 0.3) is 0 Å². The zero-order valence-corrected chi connectivity index (χ0v) is 15.5. The Morgan fingerprint density at radius 1 is 1.11 bits per heavy atom. The van der Waals surface area contributed by atoms with E-state index in [2.05, 4.69) is 54.7 Å². The number of hydrogen-bond acceptors (Lipinski definition) is 3. The number of hydrogen-bond donors (Lipinski definition) is 2. The Bertz CT molecular complexity index is 940. The predicted octanol–water partition coefficient (Wildman–Crippen LogP) is 5.51. The van der Waals surface area contributed by atoms with E-state index in [1.165, 1.54) is 16.3 Å². The summed E-state index contributed by atoms with van der Waals surface area (Å²) in [5.41, 5.74) is 1.32. The number of fused-ring (bicyclic) bond motifs is 1. The minimum Gasteiger partial charge on any atom is -0.475 e. The topological polar surface area (TPSA) is 62.5 Å². The molecule has 1 aromatic heterocycles. The van der Waals surface area contributed by atoms with Crippen LogP contribution < -0.4 is 5.32 Å². The Labute approximate surface area is 159 Å². The summed E-state index contributed by atoms with van der Waals surface area (Å²) >= 11 is 0. The highest BCUT2D eigenvalue weighted by molar-refractivity contribution is 5.86. The van der Waals surface area contributed by atoms with Crippen LogP contribution in [0.2, 0.25) is 0 Å². The maximum atomic E-state index is 11.1. The number of carbonyl (C=O) groups is 1. The van der Waals surface area contributed by atoms with Crippen molar-refractivity contribution in [2.75, 3.05) is 0 Å². The number of carboxylic acids is 1. The van der Waals surface area contributed by atoms with Crippen LogP contribution in [0.15, 0.2) is 59.0 Å². The minimum atomic E-state index is -1.00. The second-order valence-electron chi connectivity index (χ2n) is 7.52. The number of benzene rings is 2. The summed E-state index contributed by atoms with van der Waals surface area (Å²) < 4.78 is 5.55. The van der Waals surface area contributed by atoms with Gasteiger partial charge in [-0.15, -0.1) is 0 Å². The smallest absolute Gasteiger partial charge is 0.371 e. The van der Waals surface area contributed by atoms with Gasteiger partial charge in [0.2, 0.25) is 5.76 Å². The van der Waals surface area contributed by atoms with Crippen LogP contribution in [-0.4, -0.2) is 17.1 Å². The Morgan fingerprint density at radius 2 is 1.93 bits per heavy atom. The molecule has 3 atom stereocenters. The van der Waals surface area contributed by atoms with Crippen molar-refractivity contribution in [2.24, 2.45) is 0 Å². The zero-order valence-electron chi connectivity index (χ0n) is 15.5. The average Bonchev–Trinajstić information content (AvgIpc) is 3.18. The lowest BCUT2D eigenvalue weighted by atomic mass is 9.83. The van der Waals surface area contributed by atoms with Crippen LogP contribution in [0.4, 0.5) is 0 Å². The Morgan fingerprint density at radius 3 is 2.74 bits per heavy atom. The van der Waals surface area contributed by atoms with Crippen LogP contribution in [0, 0.1) is 0 Å². The maximum absolute atomic E-state index is 11.1. The molecule has 4 nitrogen and oxygen atoms in total. The highest BCUT2D eigenvalue weighted by atomic mass is 16.4. The van der Waals surface area contributed by atoms with Crippen molar-refractivity contribution in [1.82, 2.24) is 5.32 Å². The monoisotopic (exact) mass is 363 g/mol. The number of rotatable bonds is 5. The standard InChI is InChI=1S/C23H25NO3/c1-15(19-11-5-7-16-6-2-3-10-20(16)19)24-18-9-4-8-17(14-18)21-12-13-22(27-21)23(25)26/h2-3,5-7,10-13,15,17-18,24H,4,8-9,14H2,1H3,(H,25,26). The first-order valence-corrected chi connectivity index (χ1v) is 9.68. The van der Waals surface area contributed by atoms with E-state index < -0.39 is 5.97 Å². The lowest BCUT2D eigenvalue weighted by molar-refractivity contribution is 0.0659. The molecular formula is C23H25NO3. The Hall–Kier alpha value is -2.59. The molecule has 0 saturated heterocycles. The molecule has 2 N–H and O–H groups in total. The van der Waals surface area contributed by atoms with Crippen LogP contribution in [0.25, 0.3) is 10.8 Å². The van der Waals surface area contributed by atoms with Crippen LogP contribution in [0.5, 0.6) is 0 Å². The maximum Gasteiger partial charge on any atom is 0.371 e. The Balaban J connectivity index is 1.47. The van der Waals surface area contributed by atoms with Gasteiger partial charge in [0, 0.05) is 18.0 Å². The molecule has 1 fully saturated rings. The fraction of sp³-hybridized carbons (Fsp3) is 0.348. The van der Waals surface area contributed by atoms with Gasteiger partial charge in [-0.1, -0.05) is 48.9 Å². The summed E-state index contributed by atoms with van der Waals surface area (Å²) in [7, 11) is 0. The number of carboxylic acid groups (broad SMARTS) is 1. The largest absolute Gasteiger partial charge is 0.475 e. The van der Waals surface area contributed by atoms with E-state index in [0.29, 0.717) is 6.04 Å². The third-order valence-electron chi connectivity index (χ3n) is 5.69. The number of aromatic carboxylic acids is 1. The molecule has 0 radical (unpaired) electrons. The van der Waals surface area contributed by atoms with E-state index >= 15 is 0 Å². The molecule has 27 heavy (non-hydrogen) atoms. The predicted molar refractivity (Wildman–Crippen MR) is 106 cm³/mol. The van der Waals surface area contributed by atoms with Gasteiger partial charge < -0.3 is 14.8 Å². The molecular weight excluding hydrogens is 338 g/mol. The first-order chi connectivity index (χ1) is 13.1. The van der Waals surface area contributed by atoms with E-state index in [1.807, 2.05) is 6.07 Å². The molecule has 1 aliphatic carbocycles. The van der Waals surface area contributed by atoms with Crippen LogP contribution >= 0.6 is 0 Å². The molecule has 3 unspecified atom stereocenters. The van der Waals surface area contributed by atoms with Gasteiger partial charge in [-0.05, 0) is 54.7 Å². The summed E-state index contributed by atoms with van der Waals surface area (Å²) in [5, 5.41) is 15.4. The SMILES string of the molecule is CC(NC1CCCC(c2ccc(C(=O)O)o2)C1)c1cccc2ccccc12. The van der Waals surface area contributed by atoms with Crippen LogP contribution in [-0.2, 0) is 0 Å². The second-order valence-corrected chi connectivity index (χ2v) is 7.52. The van der Waals surface area contributed by atoms with E-state index in [4.69, 9.17) is 9.52 Å². The normalized spacial score (nSPS) is 21.2. The van der Waals surface area contributed by atoms with Gasteiger partial charge in [0.15, 0.2) is 0 Å². The van der Waals surface area contributed by atoms with Crippen molar-refractivity contribution in [3.63, 3.8) is 0 Å². The minimum absolute atomic E-state index is 0.0317. The summed E-state index contributed by atoms with van der Waals surface area (Å²) in [4.78, 5) is 11.1. The van der Waals surface area contributed by atoms with E-state index in [-0.39, 0.29) is 17.7 Å². The van der Waals surface area contributed by atoms with Crippen LogP contribution in [0.1, 0.15) is 66.4 Å². The fourth-order valence-electron chi connectivity index (χ4n) is 4.36. The molecule has 0 bridgehead atoms. The van der Waals surface area contributed by atoms with Crippen molar-refractivity contribution >= 4 is 16.7 Å². The fourth-order valence-corrected chi connectivity index (χ4v) is 4.36. The average molecular weight is 363 g/mol. The molecule has 0 amide bonds. The second kappa shape index (κ2) is 7.57. The molecule has 4 heteroatoms. The summed E-state index contributed by atoms with van der Waals surface area (Å²) in [6.07, 6.45) is 4.28. The number of furan rings is 1. The van der Waals surface area contributed by atoms with Gasteiger partial charge in [0.05, 0.1) is 0 Å². The molecule has 4 rings (SSSR count). The van der Waals surface area contributed by atoms with Crippen molar-refractivity contribution in [2.45, 2.75) is 50.6 Å². The molecule has 3 aromatic rings. The third-order valence-corrected chi connectivity index (χ3v) is 5.69. The molecule has 140 valence electrons. The van der Waals surface area contributed by atoms with Gasteiger partial charge >= 0.3 is 5.97 Å². The summed E-state index contributed by atoms with van der Waals surface area (Å²) in [6, 6.07) is 19.0. The first kappa shape index (κ1) is 17.8. The van der Waals surface area contributed by atoms with E-state index in [0.717, 1.165) is 31.4 Å². The molecule has 1 heterocycles. The van der Waals surface area contributed by atoms with Crippen LogP contribution in [0.3, 0.4) is 0 Å². The lowest BCUT2D eigenvalue weighted by Gasteiger charge is -2.31. The third kappa shape index (κ3) is 3.76. The molecule has 0 spiro atoms. The number of nitrogens with one attached hydrogen (secondary N) is 1. The van der Waals surface area contributed by atoms with Gasteiger partial charge in [0.1, 0.15) is 5.76 Å². The highest BCUT2D eigenvalue weighted by Gasteiger charge is 2.27. The van der Waals surface area contributed by atoms with E-state index in [9.17, 15) is 4.79 Å². The molecule has 0 aliphatic heterocycles. The van der Waals surface area contributed by atoms with Crippen molar-refractivity contribution in [1.29, 1.82) is 0 Å². The van der Waals surface area contributed by atoms with E-state index in [1.54, 1.807) is 6.07 Å². The molecule has 2 aromatic carbocycles. The summed E-state index contributed by atoms with van der Waals surface area (Å²) in [5.74, 6) is 0.112. The first-order valence-electron chi connectivity index (χ1n) is 9.68. The lowest BCUT2D eigenvalue weighted by Crippen LogP contribution is -2.35. The van der Waals surface area contributed by atoms with Crippen molar-refractivity contribution in [3.8, 4) is 0 Å². The van der Waals surface area contributed by atoms with Gasteiger partial charge in [-0.2, -0.15) is 0 Å². The summed E-state index contributed by atoms with van der Waals surface area (Å²) in [6.45, 7) is 2.22. The van der Waals surface area contributed by atoms with Crippen molar-refractivity contribution in [3.05, 3.63) is 71.7 Å². The van der Waals surface area contributed by atoms with Crippen molar-refractivity contribution < 1.29 is 14.3 Å². The Kier molecular flexibility index (Phi) is 4.99. The molecule has 1 aliphatic rings.